The number of carbonyl (C=O) groups is 1. The zero-order valence-electron chi connectivity index (χ0n) is 6.97. The molecule has 13 heavy (non-hydrogen) atoms. The summed E-state index contributed by atoms with van der Waals surface area (Å²) in [4.78, 5) is 13.9. The van der Waals surface area contributed by atoms with Gasteiger partial charge in [0.25, 0.3) is 0 Å². The van der Waals surface area contributed by atoms with Gasteiger partial charge in [0, 0.05) is 6.07 Å². The number of hydrogen-bond acceptors (Lipinski definition) is 2. The molecule has 1 aromatic heterocycles. The lowest BCUT2D eigenvalue weighted by molar-refractivity contribution is -0.105. The van der Waals surface area contributed by atoms with Crippen LogP contribution in [-0.4, -0.2) is 11.4 Å². The maximum Gasteiger partial charge on any atom is 0.211 e. The molecule has 0 bridgehead atoms. The van der Waals surface area contributed by atoms with Crippen LogP contribution in [0.25, 0.3) is 0 Å². The standard InChI is InChI=1S/C8H8ClFN2O/c1-2-6-7(11-4-13)3-5(10)8(9)12-6/h3-4H,2H2,1H3,(H,11,13). The zero-order chi connectivity index (χ0) is 9.84. The van der Waals surface area contributed by atoms with Gasteiger partial charge in [-0.05, 0) is 6.42 Å². The summed E-state index contributed by atoms with van der Waals surface area (Å²) in [7, 11) is 0. The first-order valence-electron chi connectivity index (χ1n) is 3.74. The highest BCUT2D eigenvalue weighted by atomic mass is 35.5. The van der Waals surface area contributed by atoms with Gasteiger partial charge in [0.1, 0.15) is 0 Å². The molecule has 1 N–H and O–H groups in total. The lowest BCUT2D eigenvalue weighted by Crippen LogP contribution is -2.02. The summed E-state index contributed by atoms with van der Waals surface area (Å²) in [6.07, 6.45) is 1.06. The molecule has 0 atom stereocenters. The molecular weight excluding hydrogens is 195 g/mol. The molecule has 0 saturated carbocycles. The van der Waals surface area contributed by atoms with Crippen molar-refractivity contribution in [1.29, 1.82) is 0 Å². The normalized spacial score (nSPS) is 9.77. The Hall–Kier alpha value is -1.16. The lowest BCUT2D eigenvalue weighted by atomic mass is 10.2. The van der Waals surface area contributed by atoms with Crippen molar-refractivity contribution < 1.29 is 9.18 Å². The number of aromatic nitrogens is 1. The minimum atomic E-state index is -0.636. The van der Waals surface area contributed by atoms with Crippen molar-refractivity contribution in [3.05, 3.63) is 22.7 Å². The van der Waals surface area contributed by atoms with Crippen LogP contribution in [0.3, 0.4) is 0 Å². The molecule has 70 valence electrons. The predicted molar refractivity (Wildman–Crippen MR) is 48.3 cm³/mol. The Balaban J connectivity index is 3.15. The van der Waals surface area contributed by atoms with Gasteiger partial charge < -0.3 is 5.32 Å². The molecule has 0 aliphatic heterocycles. The molecule has 3 nitrogen and oxygen atoms in total. The topological polar surface area (TPSA) is 42.0 Å². The van der Waals surface area contributed by atoms with Crippen LogP contribution in [0.2, 0.25) is 5.15 Å². The van der Waals surface area contributed by atoms with E-state index >= 15 is 0 Å². The van der Waals surface area contributed by atoms with Crippen molar-refractivity contribution in [3.63, 3.8) is 0 Å². The third kappa shape index (κ3) is 2.15. The van der Waals surface area contributed by atoms with E-state index in [2.05, 4.69) is 10.3 Å². The van der Waals surface area contributed by atoms with Crippen molar-refractivity contribution in [2.45, 2.75) is 13.3 Å². The Kier molecular flexibility index (Phi) is 3.19. The third-order valence-corrected chi connectivity index (χ3v) is 1.83. The molecule has 0 fully saturated rings. The molecular formula is C8H8ClFN2O. The van der Waals surface area contributed by atoms with Crippen LogP contribution in [-0.2, 0) is 11.2 Å². The maximum absolute atomic E-state index is 12.9. The summed E-state index contributed by atoms with van der Waals surface area (Å²) >= 11 is 5.46. The van der Waals surface area contributed by atoms with Gasteiger partial charge in [-0.25, -0.2) is 9.37 Å². The summed E-state index contributed by atoms with van der Waals surface area (Å²) < 4.78 is 12.9. The molecule has 0 saturated heterocycles. The second kappa shape index (κ2) is 4.18. The summed E-state index contributed by atoms with van der Waals surface area (Å²) in [6.45, 7) is 1.84. The number of nitrogens with zero attached hydrogens (tertiary/aromatic N) is 1. The van der Waals surface area contributed by atoms with Crippen LogP contribution in [0.5, 0.6) is 0 Å². The molecule has 0 aliphatic carbocycles. The average molecular weight is 203 g/mol. The Labute approximate surface area is 79.9 Å². The lowest BCUT2D eigenvalue weighted by Gasteiger charge is -2.05. The highest BCUT2D eigenvalue weighted by molar-refractivity contribution is 6.29. The van der Waals surface area contributed by atoms with Gasteiger partial charge in [0.2, 0.25) is 6.41 Å². The van der Waals surface area contributed by atoms with E-state index in [0.717, 1.165) is 6.07 Å². The molecule has 5 heteroatoms. The number of nitrogens with one attached hydrogen (secondary N) is 1. The smallest absolute Gasteiger partial charge is 0.211 e. The number of rotatable bonds is 3. The second-order valence-electron chi connectivity index (χ2n) is 2.37. The van der Waals surface area contributed by atoms with E-state index in [1.807, 2.05) is 6.92 Å². The molecule has 1 rings (SSSR count). The van der Waals surface area contributed by atoms with E-state index in [9.17, 15) is 9.18 Å². The number of pyridine rings is 1. The van der Waals surface area contributed by atoms with E-state index in [1.54, 1.807) is 0 Å². The maximum atomic E-state index is 12.9. The van der Waals surface area contributed by atoms with E-state index in [0.29, 0.717) is 24.2 Å². The van der Waals surface area contributed by atoms with Crippen LogP contribution in [0.4, 0.5) is 10.1 Å². The molecule has 0 aromatic carbocycles. The number of carbonyl (C=O) groups excluding carboxylic acids is 1. The van der Waals surface area contributed by atoms with Gasteiger partial charge in [0.05, 0.1) is 11.4 Å². The fourth-order valence-corrected chi connectivity index (χ4v) is 1.12. The third-order valence-electron chi connectivity index (χ3n) is 1.56. The first-order valence-corrected chi connectivity index (χ1v) is 4.12. The fraction of sp³-hybridized carbons (Fsp3) is 0.250. The number of aryl methyl sites for hydroxylation is 1. The van der Waals surface area contributed by atoms with E-state index in [1.165, 1.54) is 0 Å². The van der Waals surface area contributed by atoms with Crippen LogP contribution in [0, 0.1) is 5.82 Å². The second-order valence-corrected chi connectivity index (χ2v) is 2.73. The highest BCUT2D eigenvalue weighted by Crippen LogP contribution is 2.20. The quantitative estimate of drug-likeness (QED) is 0.602. The summed E-state index contributed by atoms with van der Waals surface area (Å²) in [6, 6.07) is 1.16. The molecule has 1 amide bonds. The van der Waals surface area contributed by atoms with Crippen molar-refractivity contribution >= 4 is 23.7 Å². The van der Waals surface area contributed by atoms with E-state index in [-0.39, 0.29) is 5.15 Å². The Morgan fingerprint density at radius 2 is 2.46 bits per heavy atom. The van der Waals surface area contributed by atoms with E-state index in [4.69, 9.17) is 11.6 Å². The van der Waals surface area contributed by atoms with Gasteiger partial charge in [-0.15, -0.1) is 0 Å². The molecule has 1 aromatic rings. The average Bonchev–Trinajstić information content (AvgIpc) is 2.11. The van der Waals surface area contributed by atoms with Crippen LogP contribution in [0.1, 0.15) is 12.6 Å². The zero-order valence-corrected chi connectivity index (χ0v) is 7.73. The fourth-order valence-electron chi connectivity index (χ4n) is 0.960. The van der Waals surface area contributed by atoms with Crippen LogP contribution in [0.15, 0.2) is 6.07 Å². The SMILES string of the molecule is CCc1nc(Cl)c(F)cc1NC=O. The molecule has 0 aliphatic rings. The van der Waals surface area contributed by atoms with Gasteiger partial charge in [0.15, 0.2) is 11.0 Å². The Bertz CT molecular complexity index is 330. The van der Waals surface area contributed by atoms with Gasteiger partial charge in [-0.2, -0.15) is 0 Å². The Morgan fingerprint density at radius 1 is 1.77 bits per heavy atom. The minimum absolute atomic E-state index is 0.173. The minimum Gasteiger partial charge on any atom is -0.327 e. The molecule has 0 unspecified atom stereocenters. The van der Waals surface area contributed by atoms with Crippen molar-refractivity contribution in [3.8, 4) is 0 Å². The van der Waals surface area contributed by atoms with Crippen LogP contribution < -0.4 is 5.32 Å². The van der Waals surface area contributed by atoms with Gasteiger partial charge in [-0.1, -0.05) is 18.5 Å². The van der Waals surface area contributed by atoms with Gasteiger partial charge in [-0.3, -0.25) is 4.79 Å². The first-order chi connectivity index (χ1) is 6.19. The number of hydrogen-bond donors (Lipinski definition) is 1. The van der Waals surface area contributed by atoms with Crippen molar-refractivity contribution in [2.24, 2.45) is 0 Å². The number of amides is 1. The number of halogens is 2. The molecule has 0 radical (unpaired) electrons. The summed E-state index contributed by atoms with van der Waals surface area (Å²) in [5.74, 6) is -0.636. The first kappa shape index (κ1) is 9.92. The number of anilines is 1. The van der Waals surface area contributed by atoms with E-state index < -0.39 is 5.82 Å². The molecule has 1 heterocycles. The summed E-state index contributed by atoms with van der Waals surface area (Å²) in [5.41, 5.74) is 0.929. The predicted octanol–water partition coefficient (Wildman–Crippen LogP) is 2.00. The van der Waals surface area contributed by atoms with Crippen molar-refractivity contribution in [1.82, 2.24) is 4.98 Å². The van der Waals surface area contributed by atoms with Crippen molar-refractivity contribution in [2.75, 3.05) is 5.32 Å². The largest absolute Gasteiger partial charge is 0.327 e. The van der Waals surface area contributed by atoms with Crippen LogP contribution >= 0.6 is 11.6 Å². The summed E-state index contributed by atoms with van der Waals surface area (Å²) in [5, 5.41) is 2.18. The Morgan fingerprint density at radius 3 is 3.00 bits per heavy atom. The van der Waals surface area contributed by atoms with Gasteiger partial charge >= 0.3 is 0 Å². The highest BCUT2D eigenvalue weighted by Gasteiger charge is 2.07. The molecule has 0 spiro atoms. The monoisotopic (exact) mass is 202 g/mol.